The van der Waals surface area contributed by atoms with E-state index in [0.29, 0.717) is 19.4 Å². The highest BCUT2D eigenvalue weighted by Crippen LogP contribution is 2.22. The Hall–Kier alpha value is -1.99. The summed E-state index contributed by atoms with van der Waals surface area (Å²) in [6.45, 7) is -0.845. The number of hydrogen-bond donors (Lipinski definition) is 1. The van der Waals surface area contributed by atoms with Gasteiger partial charge in [-0.05, 0) is 25.0 Å². The molecule has 0 spiro atoms. The van der Waals surface area contributed by atoms with Gasteiger partial charge in [0.15, 0.2) is 0 Å². The maximum atomic E-state index is 12.4. The van der Waals surface area contributed by atoms with Crippen molar-refractivity contribution >= 4 is 11.9 Å². The minimum atomic E-state index is -4.42. The van der Waals surface area contributed by atoms with E-state index in [-0.39, 0.29) is 12.2 Å². The maximum Gasteiger partial charge on any atom is 0.406 e. The molecule has 21 heavy (non-hydrogen) atoms. The molecule has 1 aromatic heterocycles. The molecular formula is C13H15F3N2O3. The molecule has 0 aromatic carbocycles. The molecule has 1 N–H and O–H groups in total. The van der Waals surface area contributed by atoms with Crippen LogP contribution in [0.3, 0.4) is 0 Å². The Bertz CT molecular complexity index is 539. The van der Waals surface area contributed by atoms with Gasteiger partial charge in [-0.2, -0.15) is 13.2 Å². The monoisotopic (exact) mass is 304 g/mol. The van der Waals surface area contributed by atoms with E-state index in [1.54, 1.807) is 0 Å². The summed E-state index contributed by atoms with van der Waals surface area (Å²) >= 11 is 0. The van der Waals surface area contributed by atoms with Gasteiger partial charge in [0.1, 0.15) is 12.2 Å². The molecule has 0 radical (unpaired) electrons. The molecule has 1 aliphatic heterocycles. The largest absolute Gasteiger partial charge is 0.481 e. The van der Waals surface area contributed by atoms with Gasteiger partial charge < -0.3 is 14.6 Å². The number of hydrogen-bond acceptors (Lipinski definition) is 2. The highest BCUT2D eigenvalue weighted by Gasteiger charge is 2.32. The fraction of sp³-hybridized carbons (Fsp3) is 0.538. The average Bonchev–Trinajstić information content (AvgIpc) is 2.83. The first-order chi connectivity index (χ1) is 9.78. The van der Waals surface area contributed by atoms with Crippen LogP contribution in [0.25, 0.3) is 0 Å². The number of amides is 1. The lowest BCUT2D eigenvalue weighted by molar-refractivity contribution is -0.143. The molecule has 0 bridgehead atoms. The Labute approximate surface area is 119 Å². The number of carbonyl (C=O) groups is 2. The number of carboxylic acids is 1. The lowest BCUT2D eigenvalue weighted by atomic mass is 9.98. The number of alkyl halides is 3. The van der Waals surface area contributed by atoms with E-state index in [1.165, 1.54) is 23.2 Å². The molecule has 0 aliphatic carbocycles. The summed E-state index contributed by atoms with van der Waals surface area (Å²) in [7, 11) is 0. The van der Waals surface area contributed by atoms with Crippen LogP contribution in [-0.2, 0) is 11.3 Å². The molecule has 1 aliphatic rings. The standard InChI is InChI=1S/C13H15F3N2O3/c14-13(15,16)8-18-6-2-4-10(18)11(19)17-5-1-3-9(7-17)12(20)21/h2,4,6,9H,1,3,5,7-8H2,(H,20,21). The molecule has 0 saturated carbocycles. The molecular weight excluding hydrogens is 289 g/mol. The van der Waals surface area contributed by atoms with Crippen molar-refractivity contribution in [1.82, 2.24) is 9.47 Å². The highest BCUT2D eigenvalue weighted by atomic mass is 19.4. The van der Waals surface area contributed by atoms with Gasteiger partial charge in [-0.15, -0.1) is 0 Å². The highest BCUT2D eigenvalue weighted by molar-refractivity contribution is 5.93. The van der Waals surface area contributed by atoms with Crippen LogP contribution < -0.4 is 0 Å². The Morgan fingerprint density at radius 3 is 2.71 bits per heavy atom. The molecule has 1 atom stereocenters. The fourth-order valence-corrected chi connectivity index (χ4v) is 2.46. The first-order valence-corrected chi connectivity index (χ1v) is 6.52. The van der Waals surface area contributed by atoms with Crippen LogP contribution in [0.4, 0.5) is 13.2 Å². The minimum absolute atomic E-state index is 0.0331. The van der Waals surface area contributed by atoms with Crippen LogP contribution in [0.5, 0.6) is 0 Å². The zero-order valence-electron chi connectivity index (χ0n) is 11.1. The van der Waals surface area contributed by atoms with Crippen molar-refractivity contribution in [3.8, 4) is 0 Å². The van der Waals surface area contributed by atoms with Crippen molar-refractivity contribution in [1.29, 1.82) is 0 Å². The molecule has 5 nitrogen and oxygen atoms in total. The van der Waals surface area contributed by atoms with E-state index < -0.39 is 30.5 Å². The second-order valence-electron chi connectivity index (χ2n) is 5.07. The molecule has 116 valence electrons. The van der Waals surface area contributed by atoms with Gasteiger partial charge in [0.2, 0.25) is 0 Å². The van der Waals surface area contributed by atoms with Gasteiger partial charge in [-0.1, -0.05) is 0 Å². The van der Waals surface area contributed by atoms with Crippen LogP contribution in [0, 0.1) is 5.92 Å². The minimum Gasteiger partial charge on any atom is -0.481 e. The predicted molar refractivity (Wildman–Crippen MR) is 66.8 cm³/mol. The summed E-state index contributed by atoms with van der Waals surface area (Å²) in [6, 6.07) is 2.69. The van der Waals surface area contributed by atoms with Crippen molar-refractivity contribution in [2.45, 2.75) is 25.6 Å². The van der Waals surface area contributed by atoms with Gasteiger partial charge >= 0.3 is 12.1 Å². The number of nitrogens with zero attached hydrogens (tertiary/aromatic N) is 2. The van der Waals surface area contributed by atoms with Gasteiger partial charge in [0.25, 0.3) is 5.91 Å². The Kier molecular flexibility index (Phi) is 4.24. The summed E-state index contributed by atoms with van der Waals surface area (Å²) < 4.78 is 38.2. The lowest BCUT2D eigenvalue weighted by Gasteiger charge is -2.31. The normalized spacial score (nSPS) is 19.6. The van der Waals surface area contributed by atoms with Crippen molar-refractivity contribution in [2.24, 2.45) is 5.92 Å². The number of aromatic nitrogens is 1. The van der Waals surface area contributed by atoms with Gasteiger partial charge in [-0.25, -0.2) is 0 Å². The van der Waals surface area contributed by atoms with Crippen molar-refractivity contribution in [3.63, 3.8) is 0 Å². The van der Waals surface area contributed by atoms with E-state index in [1.807, 2.05) is 0 Å². The maximum absolute atomic E-state index is 12.4. The third-order valence-corrected chi connectivity index (χ3v) is 3.46. The van der Waals surface area contributed by atoms with Crippen molar-refractivity contribution in [2.75, 3.05) is 13.1 Å². The predicted octanol–water partition coefficient (Wildman–Crippen LogP) is 1.99. The molecule has 2 rings (SSSR count). The van der Waals surface area contributed by atoms with Gasteiger partial charge in [-0.3, -0.25) is 9.59 Å². The molecule has 1 saturated heterocycles. The Morgan fingerprint density at radius 1 is 1.38 bits per heavy atom. The molecule has 1 unspecified atom stereocenters. The van der Waals surface area contributed by atoms with Crippen molar-refractivity contribution < 1.29 is 27.9 Å². The zero-order valence-corrected chi connectivity index (χ0v) is 11.1. The number of likely N-dealkylation sites (tertiary alicyclic amines) is 1. The summed E-state index contributed by atoms with van der Waals surface area (Å²) in [6.07, 6.45) is -2.22. The van der Waals surface area contributed by atoms with E-state index in [4.69, 9.17) is 5.11 Å². The average molecular weight is 304 g/mol. The third kappa shape index (κ3) is 3.77. The van der Waals surface area contributed by atoms with Crippen LogP contribution in [0.2, 0.25) is 0 Å². The summed E-state index contributed by atoms with van der Waals surface area (Å²) in [4.78, 5) is 24.6. The summed E-state index contributed by atoms with van der Waals surface area (Å²) in [5.41, 5.74) is -0.0710. The van der Waals surface area contributed by atoms with Crippen LogP contribution >= 0.6 is 0 Å². The lowest BCUT2D eigenvalue weighted by Crippen LogP contribution is -2.43. The molecule has 2 heterocycles. The number of aliphatic carboxylic acids is 1. The van der Waals surface area contributed by atoms with E-state index in [2.05, 4.69) is 0 Å². The number of rotatable bonds is 3. The number of halogens is 3. The second-order valence-corrected chi connectivity index (χ2v) is 5.07. The number of carbonyl (C=O) groups excluding carboxylic acids is 1. The Balaban J connectivity index is 2.13. The van der Waals surface area contributed by atoms with Crippen LogP contribution in [0.15, 0.2) is 18.3 Å². The zero-order chi connectivity index (χ0) is 15.6. The first kappa shape index (κ1) is 15.4. The van der Waals surface area contributed by atoms with Gasteiger partial charge in [0.05, 0.1) is 5.92 Å². The van der Waals surface area contributed by atoms with E-state index in [0.717, 1.165) is 4.57 Å². The van der Waals surface area contributed by atoms with Crippen LogP contribution in [-0.4, -0.2) is 45.7 Å². The fourth-order valence-electron chi connectivity index (χ4n) is 2.46. The topological polar surface area (TPSA) is 62.5 Å². The third-order valence-electron chi connectivity index (χ3n) is 3.46. The number of carboxylic acid groups (broad SMARTS) is 1. The van der Waals surface area contributed by atoms with E-state index in [9.17, 15) is 22.8 Å². The Morgan fingerprint density at radius 2 is 2.10 bits per heavy atom. The van der Waals surface area contributed by atoms with Crippen molar-refractivity contribution in [3.05, 3.63) is 24.0 Å². The van der Waals surface area contributed by atoms with Crippen LogP contribution in [0.1, 0.15) is 23.3 Å². The SMILES string of the molecule is O=C(O)C1CCCN(C(=O)c2cccn2CC(F)(F)F)C1. The van der Waals surface area contributed by atoms with Gasteiger partial charge in [0, 0.05) is 19.3 Å². The molecule has 8 heteroatoms. The second kappa shape index (κ2) is 5.79. The number of piperidine rings is 1. The molecule has 1 fully saturated rings. The molecule has 1 amide bonds. The summed E-state index contributed by atoms with van der Waals surface area (Å²) in [5.74, 6) is -2.21. The molecule has 1 aromatic rings. The summed E-state index contributed by atoms with van der Waals surface area (Å²) in [5, 5.41) is 8.98. The first-order valence-electron chi connectivity index (χ1n) is 6.52. The smallest absolute Gasteiger partial charge is 0.406 e. The quantitative estimate of drug-likeness (QED) is 0.929. The van der Waals surface area contributed by atoms with E-state index >= 15 is 0 Å².